The van der Waals surface area contributed by atoms with Gasteiger partial charge in [0.1, 0.15) is 6.04 Å². The molecule has 0 saturated carbocycles. The summed E-state index contributed by atoms with van der Waals surface area (Å²) in [5.41, 5.74) is 1.57. The molecule has 0 fully saturated rings. The maximum Gasteiger partial charge on any atom is 0.328 e. The van der Waals surface area contributed by atoms with Crippen molar-refractivity contribution in [1.82, 2.24) is 5.32 Å². The van der Waals surface area contributed by atoms with Crippen molar-refractivity contribution < 1.29 is 14.3 Å². The number of amides is 1. The van der Waals surface area contributed by atoms with Gasteiger partial charge in [-0.05, 0) is 23.3 Å². The van der Waals surface area contributed by atoms with Crippen LogP contribution in [0.5, 0.6) is 0 Å². The smallest absolute Gasteiger partial charge is 0.328 e. The highest BCUT2D eigenvalue weighted by Crippen LogP contribution is 2.22. The van der Waals surface area contributed by atoms with Gasteiger partial charge in [0.25, 0.3) is 0 Å². The quantitative estimate of drug-likeness (QED) is 0.797. The highest BCUT2D eigenvalue weighted by atomic mass is 35.5. The van der Waals surface area contributed by atoms with Crippen molar-refractivity contribution in [2.75, 3.05) is 7.11 Å². The maximum atomic E-state index is 12.2. The molecule has 0 radical (unpaired) electrons. The number of methoxy groups -OCH3 is 1. The molecule has 6 heteroatoms. The molecule has 0 unspecified atom stereocenters. The second-order valence-electron chi connectivity index (χ2n) is 5.25. The van der Waals surface area contributed by atoms with E-state index in [1.54, 1.807) is 18.2 Å². The van der Waals surface area contributed by atoms with Crippen molar-refractivity contribution in [3.8, 4) is 0 Å². The predicted molar refractivity (Wildman–Crippen MR) is 94.3 cm³/mol. The number of halogens is 2. The Hall–Kier alpha value is -2.04. The number of hydrogen-bond acceptors (Lipinski definition) is 3. The van der Waals surface area contributed by atoms with Crippen molar-refractivity contribution in [1.29, 1.82) is 0 Å². The normalized spacial score (nSPS) is 11.6. The van der Waals surface area contributed by atoms with Crippen LogP contribution >= 0.6 is 23.2 Å². The summed E-state index contributed by atoms with van der Waals surface area (Å²) in [4.78, 5) is 24.2. The number of hydrogen-bond donors (Lipinski definition) is 1. The van der Waals surface area contributed by atoms with E-state index in [0.29, 0.717) is 15.6 Å². The molecule has 2 aromatic rings. The van der Waals surface area contributed by atoms with Gasteiger partial charge in [0.2, 0.25) is 5.91 Å². The summed E-state index contributed by atoms with van der Waals surface area (Å²) in [7, 11) is 1.28. The molecular formula is C18H17Cl2NO3. The second kappa shape index (κ2) is 8.71. The molecule has 0 spiro atoms. The fourth-order valence-corrected chi connectivity index (χ4v) is 2.75. The lowest BCUT2D eigenvalue weighted by molar-refractivity contribution is -0.145. The molecular weight excluding hydrogens is 349 g/mol. The van der Waals surface area contributed by atoms with Crippen molar-refractivity contribution in [3.63, 3.8) is 0 Å². The molecule has 4 nitrogen and oxygen atoms in total. The number of carbonyl (C=O) groups excluding carboxylic acids is 2. The second-order valence-corrected chi connectivity index (χ2v) is 6.09. The Labute approximate surface area is 150 Å². The average Bonchev–Trinajstić information content (AvgIpc) is 2.56. The Balaban J connectivity index is 2.08. The van der Waals surface area contributed by atoms with Crippen LogP contribution in [0.4, 0.5) is 0 Å². The topological polar surface area (TPSA) is 55.4 Å². The molecule has 0 aliphatic carbocycles. The summed E-state index contributed by atoms with van der Waals surface area (Å²) in [6.07, 6.45) is 0.409. The van der Waals surface area contributed by atoms with Crippen molar-refractivity contribution in [3.05, 3.63) is 69.7 Å². The van der Waals surface area contributed by atoms with Crippen molar-refractivity contribution in [2.45, 2.75) is 18.9 Å². The van der Waals surface area contributed by atoms with Gasteiger partial charge < -0.3 is 10.1 Å². The van der Waals surface area contributed by atoms with Gasteiger partial charge in [-0.15, -0.1) is 0 Å². The van der Waals surface area contributed by atoms with Crippen LogP contribution in [-0.2, 0) is 27.2 Å². The van der Waals surface area contributed by atoms with E-state index in [9.17, 15) is 9.59 Å². The van der Waals surface area contributed by atoms with Gasteiger partial charge in [0.05, 0.1) is 13.5 Å². The van der Waals surface area contributed by atoms with Crippen LogP contribution in [0.2, 0.25) is 10.0 Å². The molecule has 126 valence electrons. The summed E-state index contributed by atoms with van der Waals surface area (Å²) in [5, 5.41) is 3.65. The van der Waals surface area contributed by atoms with Crippen molar-refractivity contribution in [2.24, 2.45) is 0 Å². The zero-order valence-corrected chi connectivity index (χ0v) is 14.6. The Morgan fingerprint density at radius 2 is 1.83 bits per heavy atom. The van der Waals surface area contributed by atoms with E-state index in [2.05, 4.69) is 5.32 Å². The van der Waals surface area contributed by atoms with Crippen LogP contribution < -0.4 is 5.32 Å². The molecule has 0 bridgehead atoms. The van der Waals surface area contributed by atoms with Crippen LogP contribution in [0.25, 0.3) is 0 Å². The molecule has 0 aliphatic rings. The summed E-state index contributed by atoms with van der Waals surface area (Å²) < 4.78 is 4.78. The number of benzene rings is 2. The molecule has 24 heavy (non-hydrogen) atoms. The average molecular weight is 366 g/mol. The largest absolute Gasteiger partial charge is 0.467 e. The van der Waals surface area contributed by atoms with Gasteiger partial charge in [0, 0.05) is 16.5 Å². The highest BCUT2D eigenvalue weighted by molar-refractivity contribution is 6.35. The SMILES string of the molecule is COC(=O)[C@@H](Cc1ccc(Cl)cc1Cl)NC(=O)Cc1ccccc1. The first-order chi connectivity index (χ1) is 11.5. The molecule has 1 atom stereocenters. The van der Waals surface area contributed by atoms with Gasteiger partial charge in [-0.2, -0.15) is 0 Å². The number of nitrogens with one attached hydrogen (secondary N) is 1. The van der Waals surface area contributed by atoms with Gasteiger partial charge >= 0.3 is 5.97 Å². The third kappa shape index (κ3) is 5.25. The minimum absolute atomic E-state index is 0.183. The number of rotatable bonds is 6. The van der Waals surface area contributed by atoms with E-state index in [1.165, 1.54) is 7.11 Å². The summed E-state index contributed by atoms with van der Waals surface area (Å²) in [5.74, 6) is -0.788. The zero-order chi connectivity index (χ0) is 17.5. The van der Waals surface area contributed by atoms with Crippen LogP contribution in [0.15, 0.2) is 48.5 Å². The monoisotopic (exact) mass is 365 g/mol. The first-order valence-electron chi connectivity index (χ1n) is 7.34. The molecule has 1 N–H and O–H groups in total. The minimum atomic E-state index is -0.815. The molecule has 0 saturated heterocycles. The number of esters is 1. The maximum absolute atomic E-state index is 12.2. The van der Waals surface area contributed by atoms with E-state index < -0.39 is 12.0 Å². The lowest BCUT2D eigenvalue weighted by atomic mass is 10.0. The van der Waals surface area contributed by atoms with E-state index >= 15 is 0 Å². The van der Waals surface area contributed by atoms with E-state index in [4.69, 9.17) is 27.9 Å². The fraction of sp³-hybridized carbons (Fsp3) is 0.222. The molecule has 2 aromatic carbocycles. The number of carbonyl (C=O) groups is 2. The lowest BCUT2D eigenvalue weighted by Gasteiger charge is -2.17. The Morgan fingerprint density at radius 1 is 1.12 bits per heavy atom. The van der Waals surface area contributed by atoms with Gasteiger partial charge in [0.15, 0.2) is 0 Å². The van der Waals surface area contributed by atoms with Crippen LogP contribution in [0.3, 0.4) is 0 Å². The van der Waals surface area contributed by atoms with Gasteiger partial charge in [-0.25, -0.2) is 4.79 Å². The fourth-order valence-electron chi connectivity index (χ4n) is 2.27. The van der Waals surface area contributed by atoms with Crippen LogP contribution in [-0.4, -0.2) is 25.0 Å². The summed E-state index contributed by atoms with van der Waals surface area (Å²) in [6.45, 7) is 0. The zero-order valence-electron chi connectivity index (χ0n) is 13.1. The summed E-state index contributed by atoms with van der Waals surface area (Å²) >= 11 is 12.0. The number of ether oxygens (including phenoxy) is 1. The first kappa shape index (κ1) is 18.3. The van der Waals surface area contributed by atoms with Crippen LogP contribution in [0.1, 0.15) is 11.1 Å². The third-order valence-corrected chi connectivity index (χ3v) is 4.05. The highest BCUT2D eigenvalue weighted by Gasteiger charge is 2.23. The Kier molecular flexibility index (Phi) is 6.64. The first-order valence-corrected chi connectivity index (χ1v) is 8.10. The van der Waals surface area contributed by atoms with E-state index in [-0.39, 0.29) is 18.7 Å². The minimum Gasteiger partial charge on any atom is -0.467 e. The molecule has 0 heterocycles. The molecule has 0 aromatic heterocycles. The Bertz CT molecular complexity index is 719. The predicted octanol–water partition coefficient (Wildman–Crippen LogP) is 3.44. The van der Waals surface area contributed by atoms with E-state index in [0.717, 1.165) is 5.56 Å². The van der Waals surface area contributed by atoms with E-state index in [1.807, 2.05) is 30.3 Å². The van der Waals surface area contributed by atoms with Gasteiger partial charge in [-0.3, -0.25) is 4.79 Å². The third-order valence-electron chi connectivity index (χ3n) is 3.47. The molecule has 2 rings (SSSR count). The lowest BCUT2D eigenvalue weighted by Crippen LogP contribution is -2.43. The van der Waals surface area contributed by atoms with Crippen molar-refractivity contribution >= 4 is 35.1 Å². The molecule has 1 amide bonds. The summed E-state index contributed by atoms with van der Waals surface area (Å²) in [6, 6.07) is 13.5. The standard InChI is InChI=1S/C18H17Cl2NO3/c1-24-18(23)16(10-13-7-8-14(19)11-15(13)20)21-17(22)9-12-5-3-2-4-6-12/h2-8,11,16H,9-10H2,1H3,(H,21,22)/t16-/m1/s1. The van der Waals surface area contributed by atoms with Crippen LogP contribution in [0, 0.1) is 0 Å². The Morgan fingerprint density at radius 3 is 2.46 bits per heavy atom. The molecule has 0 aliphatic heterocycles. The van der Waals surface area contributed by atoms with Gasteiger partial charge in [-0.1, -0.05) is 59.6 Å².